The Bertz CT molecular complexity index is 1140. The monoisotopic (exact) mass is 464 g/mol. The van der Waals surface area contributed by atoms with E-state index in [1.807, 2.05) is 36.4 Å². The summed E-state index contributed by atoms with van der Waals surface area (Å²) in [5.74, 6) is 4.50. The Morgan fingerprint density at radius 2 is 1.79 bits per heavy atom. The van der Waals surface area contributed by atoms with Gasteiger partial charge in [-0.2, -0.15) is 0 Å². The summed E-state index contributed by atoms with van der Waals surface area (Å²) in [7, 11) is 0. The molecule has 0 spiro atoms. The van der Waals surface area contributed by atoms with Gasteiger partial charge in [-0.3, -0.25) is 14.5 Å². The number of carboxylic acids is 1. The van der Waals surface area contributed by atoms with E-state index in [9.17, 15) is 19.5 Å². The highest BCUT2D eigenvalue weighted by Crippen LogP contribution is 2.40. The van der Waals surface area contributed by atoms with Gasteiger partial charge in [0.25, 0.3) is 11.8 Å². The summed E-state index contributed by atoms with van der Waals surface area (Å²) in [6, 6.07) is 17.3. The smallest absolute Gasteiger partial charge is 0.356 e. The van der Waals surface area contributed by atoms with Gasteiger partial charge in [0.05, 0.1) is 5.75 Å². The number of para-hydroxylation sites is 1. The zero-order valence-electron chi connectivity index (χ0n) is 17.4. The zero-order valence-corrected chi connectivity index (χ0v) is 18.2. The fraction of sp³-hybridized carbons (Fsp3) is 0.208. The Morgan fingerprint density at radius 1 is 1.09 bits per heavy atom. The van der Waals surface area contributed by atoms with Crippen LogP contribution in [0.3, 0.4) is 0 Å². The summed E-state index contributed by atoms with van der Waals surface area (Å²) in [4.78, 5) is 37.9. The van der Waals surface area contributed by atoms with Crippen molar-refractivity contribution >= 4 is 29.5 Å². The van der Waals surface area contributed by atoms with Gasteiger partial charge in [0.15, 0.2) is 12.3 Å². The Kier molecular flexibility index (Phi) is 6.86. The third-order valence-corrected chi connectivity index (χ3v) is 6.14. The van der Waals surface area contributed by atoms with Gasteiger partial charge in [0.1, 0.15) is 29.5 Å². The molecule has 2 aliphatic rings. The number of fused-ring (bicyclic) bond motifs is 1. The Labute approximate surface area is 194 Å². The predicted octanol–water partition coefficient (Wildman–Crippen LogP) is 1.83. The number of aliphatic carboxylic acids is 1. The van der Waals surface area contributed by atoms with Gasteiger partial charge < -0.3 is 19.9 Å². The molecule has 2 N–H and O–H groups in total. The fourth-order valence-electron chi connectivity index (χ4n) is 3.37. The molecule has 2 aliphatic heterocycles. The van der Waals surface area contributed by atoms with E-state index in [0.717, 1.165) is 10.5 Å². The molecule has 2 aromatic rings. The molecule has 2 amide bonds. The molecule has 0 radical (unpaired) electrons. The van der Waals surface area contributed by atoms with Crippen molar-refractivity contribution in [2.24, 2.45) is 0 Å². The highest BCUT2D eigenvalue weighted by atomic mass is 32.2. The molecule has 2 aromatic carbocycles. The maximum atomic E-state index is 12.7. The minimum absolute atomic E-state index is 0.00868. The number of β-lactam (4-membered cyclic amide) rings is 1. The van der Waals surface area contributed by atoms with E-state index >= 15 is 0 Å². The van der Waals surface area contributed by atoms with E-state index < -0.39 is 29.2 Å². The van der Waals surface area contributed by atoms with Gasteiger partial charge in [0, 0.05) is 5.56 Å². The molecular weight excluding hydrogens is 444 g/mol. The van der Waals surface area contributed by atoms with Gasteiger partial charge in [-0.05, 0) is 24.3 Å². The second kappa shape index (κ2) is 10.1. The van der Waals surface area contributed by atoms with Crippen LogP contribution in [0.4, 0.5) is 0 Å². The number of ether oxygens (including phenoxy) is 2. The predicted molar refractivity (Wildman–Crippen MR) is 121 cm³/mol. The fourth-order valence-corrected chi connectivity index (χ4v) is 4.64. The summed E-state index contributed by atoms with van der Waals surface area (Å²) in [5.41, 5.74) is 0.607. The van der Waals surface area contributed by atoms with Crippen LogP contribution in [0.2, 0.25) is 0 Å². The van der Waals surface area contributed by atoms with Crippen molar-refractivity contribution in [3.05, 3.63) is 77.7 Å². The Balaban J connectivity index is 1.36. The molecule has 0 saturated carbocycles. The minimum atomic E-state index is -1.27. The average molecular weight is 464 g/mol. The second-order valence-electron chi connectivity index (χ2n) is 7.09. The third kappa shape index (κ3) is 5.13. The van der Waals surface area contributed by atoms with Crippen LogP contribution in [0, 0.1) is 11.8 Å². The van der Waals surface area contributed by atoms with E-state index in [1.54, 1.807) is 24.3 Å². The first kappa shape index (κ1) is 22.3. The van der Waals surface area contributed by atoms with Gasteiger partial charge >= 0.3 is 5.97 Å². The maximum Gasteiger partial charge on any atom is 0.356 e. The Hall–Kier alpha value is -3.90. The molecule has 0 aromatic heterocycles. The molecule has 8 nitrogen and oxygen atoms in total. The van der Waals surface area contributed by atoms with Crippen molar-refractivity contribution in [1.82, 2.24) is 10.2 Å². The van der Waals surface area contributed by atoms with Gasteiger partial charge in [-0.15, -0.1) is 11.8 Å². The average Bonchev–Trinajstić information content (AvgIpc) is 2.84. The van der Waals surface area contributed by atoms with Gasteiger partial charge in [-0.25, -0.2) is 4.79 Å². The van der Waals surface area contributed by atoms with Crippen LogP contribution in [0.5, 0.6) is 5.75 Å². The van der Waals surface area contributed by atoms with Crippen LogP contribution in [0.1, 0.15) is 5.56 Å². The number of hydrogen-bond acceptors (Lipinski definition) is 6. The van der Waals surface area contributed by atoms with E-state index in [1.165, 1.54) is 11.8 Å². The summed E-state index contributed by atoms with van der Waals surface area (Å²) >= 11 is 1.32. The molecule has 1 saturated heterocycles. The molecule has 0 bridgehead atoms. The number of rotatable bonds is 7. The first-order valence-electron chi connectivity index (χ1n) is 10.1. The number of carbonyl (C=O) groups excluding carboxylic acids is 2. The lowest BCUT2D eigenvalue weighted by atomic mass is 10.0. The number of hydrogen-bond donors (Lipinski definition) is 2. The molecule has 2 atom stereocenters. The molecular formula is C24H20N2O6S. The first-order valence-corrected chi connectivity index (χ1v) is 11.1. The van der Waals surface area contributed by atoms with E-state index in [0.29, 0.717) is 5.75 Å². The number of nitrogens with one attached hydrogen (secondary N) is 1. The van der Waals surface area contributed by atoms with Crippen LogP contribution >= 0.6 is 11.8 Å². The molecule has 168 valence electrons. The van der Waals surface area contributed by atoms with Crippen molar-refractivity contribution in [1.29, 1.82) is 0 Å². The van der Waals surface area contributed by atoms with Gasteiger partial charge in [-0.1, -0.05) is 48.2 Å². The standard InChI is InChI=1S/C24H20N2O6S/c27-19(14-32-17-11-5-2-6-12-17)25-20-22(28)26-21(24(29)30)18(15-33-23(20)26)31-13-7-10-16-8-3-1-4-9-16/h1-6,8-9,11-12,20,23H,13-15H2,(H,25,27)(H,29,30)/t20-,23+/m1/s1. The summed E-state index contributed by atoms with van der Waals surface area (Å²) < 4.78 is 11.0. The number of amides is 2. The number of benzene rings is 2. The molecule has 4 rings (SSSR count). The lowest BCUT2D eigenvalue weighted by Gasteiger charge is -2.48. The molecule has 9 heteroatoms. The van der Waals surface area contributed by atoms with E-state index in [-0.39, 0.29) is 30.4 Å². The number of carbonyl (C=O) groups is 3. The SMILES string of the molecule is O=C(COc1ccccc1)N[C@@H]1C(=O)N2C(C(=O)O)=C(OCC#Cc3ccccc3)CS[C@@H]12. The van der Waals surface area contributed by atoms with Crippen LogP contribution in [-0.2, 0) is 19.1 Å². The molecule has 33 heavy (non-hydrogen) atoms. The largest absolute Gasteiger partial charge is 0.484 e. The highest BCUT2D eigenvalue weighted by Gasteiger charge is 2.54. The summed E-state index contributed by atoms with van der Waals surface area (Å²) in [6.07, 6.45) is 0. The first-order chi connectivity index (χ1) is 16.0. The molecule has 0 aliphatic carbocycles. The van der Waals surface area contributed by atoms with E-state index in [4.69, 9.17) is 9.47 Å². The van der Waals surface area contributed by atoms with Crippen molar-refractivity contribution < 1.29 is 29.0 Å². The Morgan fingerprint density at radius 3 is 2.48 bits per heavy atom. The number of thioether (sulfide) groups is 1. The second-order valence-corrected chi connectivity index (χ2v) is 8.20. The van der Waals surface area contributed by atoms with Crippen LogP contribution in [0.15, 0.2) is 72.1 Å². The third-order valence-electron chi connectivity index (χ3n) is 4.89. The zero-order chi connectivity index (χ0) is 23.2. The van der Waals surface area contributed by atoms with Crippen molar-refractivity contribution in [2.75, 3.05) is 19.0 Å². The summed E-state index contributed by atoms with van der Waals surface area (Å²) in [5, 5.41) is 11.8. The topological polar surface area (TPSA) is 105 Å². The quantitative estimate of drug-likeness (QED) is 0.476. The van der Waals surface area contributed by atoms with Crippen LogP contribution in [-0.4, -0.2) is 58.2 Å². The lowest BCUT2D eigenvalue weighted by molar-refractivity contribution is -0.151. The lowest BCUT2D eigenvalue weighted by Crippen LogP contribution is -2.70. The van der Waals surface area contributed by atoms with Crippen LogP contribution < -0.4 is 10.1 Å². The molecule has 2 heterocycles. The minimum Gasteiger partial charge on any atom is -0.484 e. The number of carboxylic acid groups (broad SMARTS) is 1. The van der Waals surface area contributed by atoms with Crippen LogP contribution in [0.25, 0.3) is 0 Å². The highest BCUT2D eigenvalue weighted by molar-refractivity contribution is 8.00. The van der Waals surface area contributed by atoms with E-state index in [2.05, 4.69) is 17.2 Å². The summed E-state index contributed by atoms with van der Waals surface area (Å²) in [6.45, 7) is -0.257. The van der Waals surface area contributed by atoms with Crippen molar-refractivity contribution in [3.8, 4) is 17.6 Å². The van der Waals surface area contributed by atoms with Gasteiger partial charge in [0.2, 0.25) is 0 Å². The normalized spacial score (nSPS) is 18.9. The van der Waals surface area contributed by atoms with Crippen molar-refractivity contribution in [2.45, 2.75) is 11.4 Å². The molecule has 1 fully saturated rings. The maximum absolute atomic E-state index is 12.7. The van der Waals surface area contributed by atoms with Crippen molar-refractivity contribution in [3.63, 3.8) is 0 Å². The molecule has 0 unspecified atom stereocenters. The number of nitrogens with zero attached hydrogens (tertiary/aromatic N) is 1.